The van der Waals surface area contributed by atoms with Crippen LogP contribution in [-0.2, 0) is 25.8 Å². The highest BCUT2D eigenvalue weighted by atomic mass is 16.5. The summed E-state index contributed by atoms with van der Waals surface area (Å²) in [6.45, 7) is 6.50. The second-order valence-corrected chi connectivity index (χ2v) is 8.54. The lowest BCUT2D eigenvalue weighted by atomic mass is 10.1. The van der Waals surface area contributed by atoms with Crippen molar-refractivity contribution >= 4 is 0 Å². The first-order chi connectivity index (χ1) is 13.0. The molecule has 1 saturated heterocycles. The van der Waals surface area contributed by atoms with Crippen molar-refractivity contribution in [2.24, 2.45) is 5.92 Å². The summed E-state index contributed by atoms with van der Waals surface area (Å²) in [4.78, 5) is 9.11. The molecule has 1 N–H and O–H groups in total. The molecule has 4 rings (SSSR count). The van der Waals surface area contributed by atoms with Crippen LogP contribution in [0.4, 0.5) is 0 Å². The minimum absolute atomic E-state index is 0.0979. The lowest BCUT2D eigenvalue weighted by Crippen LogP contribution is -2.41. The van der Waals surface area contributed by atoms with E-state index in [4.69, 9.17) is 4.52 Å². The summed E-state index contributed by atoms with van der Waals surface area (Å²) in [6.07, 6.45) is 2.63. The smallest absolute Gasteiger partial charge is 0.226 e. The molecule has 1 aliphatic carbocycles. The maximum Gasteiger partial charge on any atom is 0.226 e. The monoisotopic (exact) mass is 370 g/mol. The molecular weight excluding hydrogens is 340 g/mol. The third-order valence-corrected chi connectivity index (χ3v) is 5.88. The van der Waals surface area contributed by atoms with Gasteiger partial charge in [-0.05, 0) is 36.9 Å². The molecule has 2 aromatic rings. The Morgan fingerprint density at radius 3 is 2.59 bits per heavy atom. The van der Waals surface area contributed by atoms with E-state index in [9.17, 15) is 5.11 Å². The zero-order valence-corrected chi connectivity index (χ0v) is 16.5. The predicted molar refractivity (Wildman–Crippen MR) is 103 cm³/mol. The number of aromatic nitrogens is 2. The van der Waals surface area contributed by atoms with Gasteiger partial charge in [-0.25, -0.2) is 0 Å². The van der Waals surface area contributed by atoms with Gasteiger partial charge in [-0.3, -0.25) is 9.80 Å². The highest BCUT2D eigenvalue weighted by molar-refractivity contribution is 5.33. The van der Waals surface area contributed by atoms with Crippen LogP contribution in [0.25, 0.3) is 0 Å². The average molecular weight is 370 g/mol. The Kier molecular flexibility index (Phi) is 5.30. The molecule has 1 aliphatic heterocycles. The van der Waals surface area contributed by atoms with E-state index in [0.29, 0.717) is 30.2 Å². The molecule has 146 valence electrons. The maximum atomic E-state index is 10.7. The van der Waals surface area contributed by atoms with Gasteiger partial charge in [-0.2, -0.15) is 4.98 Å². The SMILES string of the molecule is CC(C)Cc1nc(CN(C)[C@@H]2CN(C3Cc4ccccc4C3)C[C@H]2O)no1. The Morgan fingerprint density at radius 2 is 1.93 bits per heavy atom. The number of aliphatic hydroxyl groups is 1. The molecule has 1 aromatic carbocycles. The van der Waals surface area contributed by atoms with Gasteiger partial charge in [0.2, 0.25) is 5.89 Å². The fourth-order valence-corrected chi connectivity index (χ4v) is 4.45. The van der Waals surface area contributed by atoms with Gasteiger partial charge >= 0.3 is 0 Å². The van der Waals surface area contributed by atoms with E-state index in [1.807, 2.05) is 7.05 Å². The van der Waals surface area contributed by atoms with Gasteiger partial charge in [0.05, 0.1) is 12.6 Å². The second kappa shape index (κ2) is 7.70. The normalized spacial score (nSPS) is 23.6. The van der Waals surface area contributed by atoms with Crippen molar-refractivity contribution < 1.29 is 9.63 Å². The molecule has 1 aromatic heterocycles. The van der Waals surface area contributed by atoms with Gasteiger partial charge < -0.3 is 9.63 Å². The number of aliphatic hydroxyl groups excluding tert-OH is 1. The van der Waals surface area contributed by atoms with Crippen molar-refractivity contribution in [1.29, 1.82) is 0 Å². The van der Waals surface area contributed by atoms with Crippen molar-refractivity contribution in [3.8, 4) is 0 Å². The minimum atomic E-state index is -0.347. The van der Waals surface area contributed by atoms with E-state index in [2.05, 4.69) is 58.1 Å². The van der Waals surface area contributed by atoms with E-state index in [0.717, 1.165) is 32.4 Å². The van der Waals surface area contributed by atoms with Crippen LogP contribution >= 0.6 is 0 Å². The predicted octanol–water partition coefficient (Wildman–Crippen LogP) is 1.91. The van der Waals surface area contributed by atoms with E-state index in [1.165, 1.54) is 11.1 Å². The molecule has 0 saturated carbocycles. The standard InChI is InChI=1S/C21H30N4O2/c1-14(2)8-21-22-20(23-27-21)13-24(3)18-11-25(12-19(18)26)17-9-15-6-4-5-7-16(15)10-17/h4-7,14,17-19,26H,8-13H2,1-3H3/t18-,19-/m1/s1. The highest BCUT2D eigenvalue weighted by Crippen LogP contribution is 2.29. The lowest BCUT2D eigenvalue weighted by Gasteiger charge is -2.26. The first-order valence-corrected chi connectivity index (χ1v) is 10.00. The molecule has 0 unspecified atom stereocenters. The van der Waals surface area contributed by atoms with Crippen molar-refractivity contribution in [2.75, 3.05) is 20.1 Å². The molecule has 6 heteroatoms. The van der Waals surface area contributed by atoms with Crippen LogP contribution in [0.3, 0.4) is 0 Å². The van der Waals surface area contributed by atoms with Crippen LogP contribution in [-0.4, -0.2) is 63.4 Å². The van der Waals surface area contributed by atoms with Gasteiger partial charge in [0.25, 0.3) is 0 Å². The van der Waals surface area contributed by atoms with Gasteiger partial charge in [-0.1, -0.05) is 43.3 Å². The summed E-state index contributed by atoms with van der Waals surface area (Å²) < 4.78 is 5.34. The number of benzene rings is 1. The molecule has 6 nitrogen and oxygen atoms in total. The molecule has 0 radical (unpaired) electrons. The lowest BCUT2D eigenvalue weighted by molar-refractivity contribution is 0.0927. The zero-order valence-electron chi connectivity index (χ0n) is 16.5. The first-order valence-electron chi connectivity index (χ1n) is 10.00. The summed E-state index contributed by atoms with van der Waals surface area (Å²) in [5, 5.41) is 14.8. The number of hydrogen-bond donors (Lipinski definition) is 1. The molecule has 0 spiro atoms. The molecule has 2 atom stereocenters. The third kappa shape index (κ3) is 4.08. The Balaban J connectivity index is 1.35. The molecule has 2 aliphatic rings. The number of rotatable bonds is 6. The summed E-state index contributed by atoms with van der Waals surface area (Å²) in [7, 11) is 2.04. The van der Waals surface area contributed by atoms with E-state index in [-0.39, 0.29) is 12.1 Å². The molecule has 27 heavy (non-hydrogen) atoms. The van der Waals surface area contributed by atoms with Crippen LogP contribution in [0.2, 0.25) is 0 Å². The molecular formula is C21H30N4O2. The molecule has 2 heterocycles. The van der Waals surface area contributed by atoms with Crippen LogP contribution in [0.5, 0.6) is 0 Å². The van der Waals surface area contributed by atoms with Gasteiger partial charge in [0.15, 0.2) is 5.82 Å². The molecule has 1 fully saturated rings. The topological polar surface area (TPSA) is 65.6 Å². The Morgan fingerprint density at radius 1 is 1.22 bits per heavy atom. The molecule has 0 amide bonds. The minimum Gasteiger partial charge on any atom is -0.390 e. The Bertz CT molecular complexity index is 750. The Labute approximate surface area is 161 Å². The van der Waals surface area contributed by atoms with Crippen molar-refractivity contribution in [3.05, 3.63) is 47.1 Å². The fraction of sp³-hybridized carbons (Fsp3) is 0.619. The largest absolute Gasteiger partial charge is 0.390 e. The van der Waals surface area contributed by atoms with Gasteiger partial charge in [0.1, 0.15) is 0 Å². The van der Waals surface area contributed by atoms with Crippen molar-refractivity contribution in [2.45, 2.75) is 57.8 Å². The average Bonchev–Trinajstić information content (AvgIpc) is 3.32. The van der Waals surface area contributed by atoms with E-state index >= 15 is 0 Å². The summed E-state index contributed by atoms with van der Waals surface area (Å²) in [5.41, 5.74) is 2.91. The summed E-state index contributed by atoms with van der Waals surface area (Å²) in [6, 6.07) is 9.30. The number of likely N-dealkylation sites (N-methyl/N-ethyl adjacent to an activating group) is 1. The van der Waals surface area contributed by atoms with E-state index < -0.39 is 0 Å². The van der Waals surface area contributed by atoms with Crippen LogP contribution < -0.4 is 0 Å². The number of fused-ring (bicyclic) bond motifs is 1. The number of likely N-dealkylation sites (tertiary alicyclic amines) is 1. The van der Waals surface area contributed by atoms with Crippen molar-refractivity contribution in [3.63, 3.8) is 0 Å². The fourth-order valence-electron chi connectivity index (χ4n) is 4.45. The quantitative estimate of drug-likeness (QED) is 0.838. The third-order valence-electron chi connectivity index (χ3n) is 5.88. The highest BCUT2D eigenvalue weighted by Gasteiger charge is 2.39. The van der Waals surface area contributed by atoms with E-state index in [1.54, 1.807) is 0 Å². The maximum absolute atomic E-state index is 10.7. The number of nitrogens with zero attached hydrogens (tertiary/aromatic N) is 4. The van der Waals surface area contributed by atoms with Gasteiger partial charge in [-0.15, -0.1) is 0 Å². The molecule has 0 bridgehead atoms. The Hall–Kier alpha value is -1.76. The zero-order chi connectivity index (χ0) is 19.0. The van der Waals surface area contributed by atoms with Crippen LogP contribution in [0.15, 0.2) is 28.8 Å². The second-order valence-electron chi connectivity index (χ2n) is 8.54. The first kappa shape index (κ1) is 18.6. The number of hydrogen-bond acceptors (Lipinski definition) is 6. The summed E-state index contributed by atoms with van der Waals surface area (Å²) in [5.74, 6) is 1.90. The van der Waals surface area contributed by atoms with Crippen LogP contribution in [0, 0.1) is 5.92 Å². The van der Waals surface area contributed by atoms with Crippen LogP contribution in [0.1, 0.15) is 36.7 Å². The number of β-amino-alcohol motifs (C(OH)–C–C–N with tert-alkyl or cyclic N) is 1. The van der Waals surface area contributed by atoms with Crippen molar-refractivity contribution in [1.82, 2.24) is 19.9 Å². The van der Waals surface area contributed by atoms with Gasteiger partial charge in [0, 0.05) is 31.6 Å². The summed E-state index contributed by atoms with van der Waals surface area (Å²) >= 11 is 0.